The van der Waals surface area contributed by atoms with Crippen LogP contribution in [0.15, 0.2) is 0 Å². The van der Waals surface area contributed by atoms with Gasteiger partial charge in [0.25, 0.3) is 0 Å². The number of amides is 1. The first kappa shape index (κ1) is 15.9. The van der Waals surface area contributed by atoms with Crippen molar-refractivity contribution in [1.82, 2.24) is 5.32 Å². The lowest BCUT2D eigenvalue weighted by molar-refractivity contribution is -0.143. The predicted octanol–water partition coefficient (Wildman–Crippen LogP) is -0.298. The molecule has 3 atom stereocenters. The lowest BCUT2D eigenvalue weighted by Crippen LogP contribution is -2.45. The van der Waals surface area contributed by atoms with Gasteiger partial charge in [-0.05, 0) is 19.8 Å². The summed E-state index contributed by atoms with van der Waals surface area (Å²) in [6.45, 7) is 3.03. The molecule has 1 amide bonds. The Morgan fingerprint density at radius 3 is 2.29 bits per heavy atom. The average molecular weight is 246 g/mol. The van der Waals surface area contributed by atoms with E-state index in [1.165, 1.54) is 0 Å². The molecule has 0 saturated heterocycles. The van der Waals surface area contributed by atoms with E-state index in [1.807, 2.05) is 6.92 Å². The van der Waals surface area contributed by atoms with Gasteiger partial charge >= 0.3 is 5.97 Å². The van der Waals surface area contributed by atoms with Gasteiger partial charge in [0.05, 0.1) is 6.61 Å². The first-order chi connectivity index (χ1) is 7.88. The number of carboxylic acids is 1. The SMILES string of the molecule is CC(N)CCCC(C)C(=O)N[C@H](CO)C(=O)O. The van der Waals surface area contributed by atoms with Gasteiger partial charge in [0.2, 0.25) is 5.91 Å². The normalized spacial score (nSPS) is 16.0. The molecule has 100 valence electrons. The lowest BCUT2D eigenvalue weighted by Gasteiger charge is -2.16. The quantitative estimate of drug-likeness (QED) is 0.470. The van der Waals surface area contributed by atoms with Crippen molar-refractivity contribution in [3.05, 3.63) is 0 Å². The molecule has 0 spiro atoms. The summed E-state index contributed by atoms with van der Waals surface area (Å²) in [6.07, 6.45) is 2.31. The molecule has 2 unspecified atom stereocenters. The maximum absolute atomic E-state index is 11.6. The Morgan fingerprint density at radius 2 is 1.88 bits per heavy atom. The van der Waals surface area contributed by atoms with Crippen LogP contribution in [0.5, 0.6) is 0 Å². The number of nitrogens with one attached hydrogen (secondary N) is 1. The third-order valence-corrected chi connectivity index (χ3v) is 2.54. The molecular weight excluding hydrogens is 224 g/mol. The van der Waals surface area contributed by atoms with Crippen LogP contribution in [-0.2, 0) is 9.59 Å². The Morgan fingerprint density at radius 1 is 1.29 bits per heavy atom. The molecule has 17 heavy (non-hydrogen) atoms. The second-order valence-electron chi connectivity index (χ2n) is 4.39. The minimum absolute atomic E-state index is 0.106. The van der Waals surface area contributed by atoms with E-state index < -0.39 is 18.6 Å². The summed E-state index contributed by atoms with van der Waals surface area (Å²) in [6, 6.07) is -1.12. The minimum Gasteiger partial charge on any atom is -0.480 e. The van der Waals surface area contributed by atoms with Crippen molar-refractivity contribution in [3.8, 4) is 0 Å². The number of rotatable bonds is 8. The van der Waals surface area contributed by atoms with Crippen LogP contribution in [0, 0.1) is 5.92 Å². The number of aliphatic carboxylic acids is 1. The van der Waals surface area contributed by atoms with E-state index in [4.69, 9.17) is 15.9 Å². The maximum atomic E-state index is 11.6. The number of carboxylic acid groups (broad SMARTS) is 1. The zero-order chi connectivity index (χ0) is 13.4. The van der Waals surface area contributed by atoms with Crippen LogP contribution in [0.25, 0.3) is 0 Å². The Labute approximate surface area is 101 Å². The molecule has 0 saturated carbocycles. The van der Waals surface area contributed by atoms with Gasteiger partial charge in [0, 0.05) is 12.0 Å². The van der Waals surface area contributed by atoms with E-state index in [2.05, 4.69) is 5.32 Å². The summed E-state index contributed by atoms with van der Waals surface area (Å²) >= 11 is 0. The number of carbonyl (C=O) groups is 2. The van der Waals surface area contributed by atoms with Crippen LogP contribution in [0.1, 0.15) is 33.1 Å². The number of hydrogen-bond acceptors (Lipinski definition) is 4. The first-order valence-electron chi connectivity index (χ1n) is 5.78. The molecule has 6 heteroatoms. The lowest BCUT2D eigenvalue weighted by atomic mass is 10.0. The van der Waals surface area contributed by atoms with Crippen molar-refractivity contribution < 1.29 is 19.8 Å². The van der Waals surface area contributed by atoms with Gasteiger partial charge in [0.1, 0.15) is 6.04 Å². The van der Waals surface area contributed by atoms with E-state index in [0.29, 0.717) is 6.42 Å². The third kappa shape index (κ3) is 6.91. The highest BCUT2D eigenvalue weighted by atomic mass is 16.4. The Kier molecular flexibility index (Phi) is 7.49. The van der Waals surface area contributed by atoms with Crippen molar-refractivity contribution in [2.75, 3.05) is 6.61 Å². The highest BCUT2D eigenvalue weighted by Gasteiger charge is 2.21. The van der Waals surface area contributed by atoms with Crippen molar-refractivity contribution in [3.63, 3.8) is 0 Å². The van der Waals surface area contributed by atoms with Crippen molar-refractivity contribution in [2.24, 2.45) is 11.7 Å². The highest BCUT2D eigenvalue weighted by Crippen LogP contribution is 2.09. The van der Waals surface area contributed by atoms with E-state index in [1.54, 1.807) is 6.92 Å². The molecule has 0 radical (unpaired) electrons. The molecular formula is C11H22N2O4. The molecule has 0 aliphatic carbocycles. The van der Waals surface area contributed by atoms with Crippen LogP contribution in [0.3, 0.4) is 0 Å². The molecule has 0 aliphatic heterocycles. The maximum Gasteiger partial charge on any atom is 0.328 e. The smallest absolute Gasteiger partial charge is 0.328 e. The topological polar surface area (TPSA) is 113 Å². The molecule has 0 fully saturated rings. The minimum atomic E-state index is -1.23. The summed E-state index contributed by atoms with van der Waals surface area (Å²) in [7, 11) is 0. The fraction of sp³-hybridized carbons (Fsp3) is 0.818. The standard InChI is InChI=1S/C11H22N2O4/c1-7(4-3-5-8(2)12)10(15)13-9(6-14)11(16)17/h7-9,14H,3-6,12H2,1-2H3,(H,13,15)(H,16,17)/t7?,8?,9-/m1/s1. The molecule has 0 aromatic carbocycles. The van der Waals surface area contributed by atoms with E-state index in [-0.39, 0.29) is 17.9 Å². The van der Waals surface area contributed by atoms with Gasteiger partial charge in [-0.2, -0.15) is 0 Å². The van der Waals surface area contributed by atoms with Crippen LogP contribution in [-0.4, -0.2) is 40.8 Å². The monoisotopic (exact) mass is 246 g/mol. The molecule has 0 aliphatic rings. The molecule has 0 rings (SSSR count). The Bertz CT molecular complexity index is 256. The van der Waals surface area contributed by atoms with Gasteiger partial charge < -0.3 is 21.3 Å². The molecule has 0 aromatic rings. The van der Waals surface area contributed by atoms with Crippen molar-refractivity contribution in [1.29, 1.82) is 0 Å². The zero-order valence-corrected chi connectivity index (χ0v) is 10.3. The summed E-state index contributed by atoms with van der Waals surface area (Å²) in [4.78, 5) is 22.2. The predicted molar refractivity (Wildman–Crippen MR) is 63.3 cm³/mol. The summed E-state index contributed by atoms with van der Waals surface area (Å²) < 4.78 is 0. The number of nitrogens with two attached hydrogens (primary N) is 1. The molecule has 0 aromatic heterocycles. The van der Waals surface area contributed by atoms with Crippen molar-refractivity contribution >= 4 is 11.9 Å². The number of aliphatic hydroxyl groups is 1. The van der Waals surface area contributed by atoms with Gasteiger partial charge in [-0.15, -0.1) is 0 Å². The summed E-state index contributed by atoms with van der Waals surface area (Å²) in [5.74, 6) is -1.86. The van der Waals surface area contributed by atoms with Crippen molar-refractivity contribution in [2.45, 2.75) is 45.2 Å². The number of hydrogen-bond donors (Lipinski definition) is 4. The van der Waals surface area contributed by atoms with Gasteiger partial charge in [-0.25, -0.2) is 4.79 Å². The largest absolute Gasteiger partial charge is 0.480 e. The van der Waals surface area contributed by atoms with Crippen LogP contribution in [0.4, 0.5) is 0 Å². The Hall–Kier alpha value is -1.14. The number of carbonyl (C=O) groups excluding carboxylic acids is 1. The van der Waals surface area contributed by atoms with Gasteiger partial charge in [0.15, 0.2) is 0 Å². The van der Waals surface area contributed by atoms with Crippen LogP contribution >= 0.6 is 0 Å². The number of aliphatic hydroxyl groups excluding tert-OH is 1. The Balaban J connectivity index is 4.00. The second-order valence-corrected chi connectivity index (χ2v) is 4.39. The fourth-order valence-electron chi connectivity index (χ4n) is 1.38. The fourth-order valence-corrected chi connectivity index (χ4v) is 1.38. The van der Waals surface area contributed by atoms with Crippen LogP contribution in [0.2, 0.25) is 0 Å². The second kappa shape index (κ2) is 8.03. The van der Waals surface area contributed by atoms with E-state index in [9.17, 15) is 9.59 Å². The van der Waals surface area contributed by atoms with E-state index in [0.717, 1.165) is 12.8 Å². The summed E-state index contributed by atoms with van der Waals surface area (Å²) in [5.41, 5.74) is 5.59. The molecule has 0 heterocycles. The highest BCUT2D eigenvalue weighted by molar-refractivity contribution is 5.84. The van der Waals surface area contributed by atoms with Crippen LogP contribution < -0.4 is 11.1 Å². The van der Waals surface area contributed by atoms with Gasteiger partial charge in [-0.3, -0.25) is 4.79 Å². The molecule has 6 nitrogen and oxygen atoms in total. The van der Waals surface area contributed by atoms with Gasteiger partial charge in [-0.1, -0.05) is 13.3 Å². The summed E-state index contributed by atoms with van der Waals surface area (Å²) in [5, 5.41) is 19.7. The zero-order valence-electron chi connectivity index (χ0n) is 10.3. The molecule has 5 N–H and O–H groups in total. The van der Waals surface area contributed by atoms with E-state index >= 15 is 0 Å². The average Bonchev–Trinajstić information content (AvgIpc) is 2.24. The first-order valence-corrected chi connectivity index (χ1v) is 5.78. The molecule has 0 bridgehead atoms. The third-order valence-electron chi connectivity index (χ3n) is 2.54.